The normalized spacial score (nSPS) is 18.5. The number of nitrogens with zero attached hydrogens (tertiary/aromatic N) is 2. The Hall–Kier alpha value is -1.96. The number of hydrogen-bond acceptors (Lipinski definition) is 5. The van der Waals surface area contributed by atoms with Gasteiger partial charge in [-0.3, -0.25) is 9.59 Å². The van der Waals surface area contributed by atoms with Crippen LogP contribution >= 0.6 is 0 Å². The molecule has 0 aromatic carbocycles. The summed E-state index contributed by atoms with van der Waals surface area (Å²) in [7, 11) is -4.01. The second-order valence-electron chi connectivity index (χ2n) is 3.94. The lowest BCUT2D eigenvalue weighted by Crippen LogP contribution is -2.36. The van der Waals surface area contributed by atoms with Gasteiger partial charge in [-0.15, -0.1) is 0 Å². The molecule has 18 heavy (non-hydrogen) atoms. The van der Waals surface area contributed by atoms with E-state index in [4.69, 9.17) is 5.11 Å². The minimum Gasteiger partial charge on any atom is -0.481 e. The van der Waals surface area contributed by atoms with Crippen LogP contribution in [0.15, 0.2) is 23.4 Å². The summed E-state index contributed by atoms with van der Waals surface area (Å²) >= 11 is 0. The molecule has 96 valence electrons. The highest BCUT2D eigenvalue weighted by molar-refractivity contribution is 7.90. The molecule has 1 amide bonds. The van der Waals surface area contributed by atoms with E-state index in [1.54, 1.807) is 0 Å². The Morgan fingerprint density at radius 2 is 2.22 bits per heavy atom. The summed E-state index contributed by atoms with van der Waals surface area (Å²) in [4.78, 5) is 26.3. The quantitative estimate of drug-likeness (QED) is 0.825. The highest BCUT2D eigenvalue weighted by atomic mass is 32.2. The van der Waals surface area contributed by atoms with Crippen LogP contribution in [0.1, 0.15) is 17.3 Å². The maximum Gasteiger partial charge on any atom is 0.308 e. The standard InChI is InChI=1S/C10H10N2O5S/c1-6(10(14)15)5-12-9(13)7-3-2-4-11-8(7)18(12,16)17/h2-4,6H,5H2,1H3,(H,14,15). The fourth-order valence-electron chi connectivity index (χ4n) is 1.61. The number of rotatable bonds is 3. The Bertz CT molecular complexity index is 625. The molecule has 1 aromatic heterocycles. The maximum atomic E-state index is 12.0. The van der Waals surface area contributed by atoms with Crippen molar-refractivity contribution in [2.45, 2.75) is 11.9 Å². The molecule has 2 heterocycles. The molecule has 0 bridgehead atoms. The summed E-state index contributed by atoms with van der Waals surface area (Å²) in [6.45, 7) is 0.939. The molecular weight excluding hydrogens is 260 g/mol. The van der Waals surface area contributed by atoms with E-state index in [0.29, 0.717) is 4.31 Å². The number of hydrogen-bond donors (Lipinski definition) is 1. The van der Waals surface area contributed by atoms with Crippen molar-refractivity contribution >= 4 is 21.9 Å². The van der Waals surface area contributed by atoms with E-state index in [1.807, 2.05) is 0 Å². The van der Waals surface area contributed by atoms with Gasteiger partial charge in [-0.25, -0.2) is 9.29 Å². The van der Waals surface area contributed by atoms with Crippen molar-refractivity contribution in [2.24, 2.45) is 5.92 Å². The van der Waals surface area contributed by atoms with Crippen LogP contribution in [0.3, 0.4) is 0 Å². The fourth-order valence-corrected chi connectivity index (χ4v) is 3.19. The molecule has 1 aliphatic rings. The van der Waals surface area contributed by atoms with Crippen LogP contribution in [-0.2, 0) is 14.8 Å². The summed E-state index contributed by atoms with van der Waals surface area (Å²) < 4.78 is 24.6. The Balaban J connectivity index is 2.43. The van der Waals surface area contributed by atoms with Crippen LogP contribution < -0.4 is 0 Å². The molecule has 0 saturated heterocycles. The zero-order valence-corrected chi connectivity index (χ0v) is 10.2. The topological polar surface area (TPSA) is 105 Å². The van der Waals surface area contributed by atoms with E-state index in [-0.39, 0.29) is 10.6 Å². The number of aliphatic carboxylic acids is 1. The van der Waals surface area contributed by atoms with E-state index in [1.165, 1.54) is 25.3 Å². The minimum absolute atomic E-state index is 0.0184. The lowest BCUT2D eigenvalue weighted by molar-refractivity contribution is -0.141. The van der Waals surface area contributed by atoms with Gasteiger partial charge in [-0.05, 0) is 12.1 Å². The molecule has 7 nitrogen and oxygen atoms in total. The Kier molecular flexibility index (Phi) is 2.81. The second kappa shape index (κ2) is 4.05. The number of aromatic nitrogens is 1. The third-order valence-electron chi connectivity index (χ3n) is 2.62. The lowest BCUT2D eigenvalue weighted by atomic mass is 10.2. The van der Waals surface area contributed by atoms with Crippen LogP contribution in [0.4, 0.5) is 0 Å². The SMILES string of the molecule is CC(CN1C(=O)c2cccnc2S1(=O)=O)C(=O)O. The highest BCUT2D eigenvalue weighted by Gasteiger charge is 2.43. The van der Waals surface area contributed by atoms with E-state index >= 15 is 0 Å². The number of amides is 1. The zero-order valence-electron chi connectivity index (χ0n) is 9.40. The van der Waals surface area contributed by atoms with Crippen molar-refractivity contribution in [3.63, 3.8) is 0 Å². The van der Waals surface area contributed by atoms with Crippen LogP contribution in [0, 0.1) is 5.92 Å². The second-order valence-corrected chi connectivity index (χ2v) is 5.71. The predicted molar refractivity (Wildman–Crippen MR) is 59.3 cm³/mol. The first-order chi connectivity index (χ1) is 8.35. The third kappa shape index (κ3) is 1.74. The summed E-state index contributed by atoms with van der Waals surface area (Å²) in [6.07, 6.45) is 1.27. The smallest absolute Gasteiger partial charge is 0.308 e. The van der Waals surface area contributed by atoms with Gasteiger partial charge in [-0.2, -0.15) is 8.42 Å². The number of fused-ring (bicyclic) bond motifs is 1. The first kappa shape index (κ1) is 12.5. The van der Waals surface area contributed by atoms with Crippen LogP contribution in [0.2, 0.25) is 0 Å². The average molecular weight is 270 g/mol. The molecule has 0 spiro atoms. The van der Waals surface area contributed by atoms with Crippen LogP contribution in [-0.4, -0.2) is 41.2 Å². The monoisotopic (exact) mass is 270 g/mol. The van der Waals surface area contributed by atoms with Gasteiger partial charge in [0.25, 0.3) is 15.9 Å². The largest absolute Gasteiger partial charge is 0.481 e. The molecule has 0 saturated carbocycles. The van der Waals surface area contributed by atoms with Gasteiger partial charge in [0.05, 0.1) is 18.0 Å². The summed E-state index contributed by atoms with van der Waals surface area (Å²) in [6, 6.07) is 2.81. The van der Waals surface area contributed by atoms with Crippen molar-refractivity contribution in [2.75, 3.05) is 6.54 Å². The molecular formula is C10H10N2O5S. The highest BCUT2D eigenvalue weighted by Crippen LogP contribution is 2.28. The number of carbonyl (C=O) groups excluding carboxylic acids is 1. The van der Waals surface area contributed by atoms with Crippen molar-refractivity contribution in [3.05, 3.63) is 23.9 Å². The first-order valence-electron chi connectivity index (χ1n) is 5.10. The number of carboxylic acid groups (broad SMARTS) is 1. The van der Waals surface area contributed by atoms with E-state index in [2.05, 4.69) is 4.98 Å². The summed E-state index contributed by atoms with van der Waals surface area (Å²) in [5.74, 6) is -2.87. The van der Waals surface area contributed by atoms with E-state index in [0.717, 1.165) is 0 Å². The molecule has 1 aromatic rings. The van der Waals surface area contributed by atoms with Gasteiger partial charge in [0.15, 0.2) is 5.03 Å². The number of pyridine rings is 1. The third-order valence-corrected chi connectivity index (χ3v) is 4.33. The van der Waals surface area contributed by atoms with Gasteiger partial charge in [0.1, 0.15) is 0 Å². The zero-order chi connectivity index (χ0) is 13.5. The fraction of sp³-hybridized carbons (Fsp3) is 0.300. The molecule has 1 unspecified atom stereocenters. The molecule has 1 aliphatic heterocycles. The van der Waals surface area contributed by atoms with Crippen molar-refractivity contribution in [3.8, 4) is 0 Å². The molecule has 1 atom stereocenters. The van der Waals surface area contributed by atoms with Gasteiger partial charge in [0, 0.05) is 6.20 Å². The van der Waals surface area contributed by atoms with E-state index in [9.17, 15) is 18.0 Å². The van der Waals surface area contributed by atoms with Crippen LogP contribution in [0.5, 0.6) is 0 Å². The number of carbonyl (C=O) groups is 2. The van der Waals surface area contributed by atoms with Crippen LogP contribution in [0.25, 0.3) is 0 Å². The lowest BCUT2D eigenvalue weighted by Gasteiger charge is -2.16. The van der Waals surface area contributed by atoms with Gasteiger partial charge < -0.3 is 5.11 Å². The predicted octanol–water partition coefficient (Wildman–Crippen LogP) is -0.0532. The molecule has 0 radical (unpaired) electrons. The maximum absolute atomic E-state index is 12.0. The van der Waals surface area contributed by atoms with Crippen molar-refractivity contribution in [1.82, 2.24) is 9.29 Å². The summed E-state index contributed by atoms with van der Waals surface area (Å²) in [5.41, 5.74) is -0.0184. The summed E-state index contributed by atoms with van der Waals surface area (Å²) in [5, 5.41) is 8.45. The minimum atomic E-state index is -4.01. The Morgan fingerprint density at radius 1 is 1.56 bits per heavy atom. The molecule has 0 fully saturated rings. The Morgan fingerprint density at radius 3 is 2.78 bits per heavy atom. The molecule has 8 heteroatoms. The van der Waals surface area contributed by atoms with E-state index < -0.39 is 34.4 Å². The van der Waals surface area contributed by atoms with Gasteiger partial charge in [-0.1, -0.05) is 6.92 Å². The average Bonchev–Trinajstić information content (AvgIpc) is 2.51. The van der Waals surface area contributed by atoms with Crippen molar-refractivity contribution in [1.29, 1.82) is 0 Å². The van der Waals surface area contributed by atoms with Crippen molar-refractivity contribution < 1.29 is 23.1 Å². The Labute approximate surface area is 103 Å². The molecule has 1 N–H and O–H groups in total. The van der Waals surface area contributed by atoms with Gasteiger partial charge in [0.2, 0.25) is 0 Å². The van der Waals surface area contributed by atoms with Gasteiger partial charge >= 0.3 is 5.97 Å². The molecule has 0 aliphatic carbocycles. The number of sulfonamides is 1. The number of carboxylic acids is 1. The molecule has 2 rings (SSSR count). The first-order valence-corrected chi connectivity index (χ1v) is 6.54.